The number of fused-ring (bicyclic) bond motifs is 1. The highest BCUT2D eigenvalue weighted by Crippen LogP contribution is 2.22. The zero-order chi connectivity index (χ0) is 23.5. The maximum absolute atomic E-state index is 13.2. The molecule has 0 saturated heterocycles. The van der Waals surface area contributed by atoms with Crippen LogP contribution in [0.25, 0.3) is 5.65 Å². The van der Waals surface area contributed by atoms with E-state index < -0.39 is 9.85 Å². The number of nitrogens with zero attached hydrogens (tertiary/aromatic N) is 5. The number of non-ortho nitro benzene ring substituents is 2. The molecule has 164 valence electrons. The van der Waals surface area contributed by atoms with E-state index in [1.165, 1.54) is 59.1 Å². The number of aryl methyl sites for hydroxylation is 1. The second-order valence-corrected chi connectivity index (χ2v) is 7.02. The van der Waals surface area contributed by atoms with Crippen molar-refractivity contribution in [3.05, 3.63) is 109 Å². The van der Waals surface area contributed by atoms with E-state index in [0.29, 0.717) is 17.0 Å². The molecule has 2 aromatic carbocycles. The molecule has 11 nitrogen and oxygen atoms in total. The minimum absolute atomic E-state index is 0.0668. The molecule has 11 heteroatoms. The topological polar surface area (TPSA) is 145 Å². The van der Waals surface area contributed by atoms with Gasteiger partial charge in [-0.15, -0.1) is 0 Å². The fourth-order valence-electron chi connectivity index (χ4n) is 3.13. The highest BCUT2D eigenvalue weighted by molar-refractivity contribution is 5.89. The van der Waals surface area contributed by atoms with Crippen molar-refractivity contribution < 1.29 is 9.85 Å². The summed E-state index contributed by atoms with van der Waals surface area (Å²) < 4.78 is 1.40. The van der Waals surface area contributed by atoms with Gasteiger partial charge in [-0.25, -0.2) is 4.98 Å². The van der Waals surface area contributed by atoms with Crippen molar-refractivity contribution in [3.8, 4) is 0 Å². The molecule has 0 aliphatic carbocycles. The van der Waals surface area contributed by atoms with E-state index in [1.54, 1.807) is 12.3 Å². The third-order valence-corrected chi connectivity index (χ3v) is 4.83. The third kappa shape index (κ3) is 4.42. The fourth-order valence-corrected chi connectivity index (χ4v) is 3.13. The predicted octanol–water partition coefficient (Wildman–Crippen LogP) is 4.31. The lowest BCUT2D eigenvalue weighted by Gasteiger charge is -2.11. The molecule has 2 heterocycles. The van der Waals surface area contributed by atoms with Gasteiger partial charge in [0.25, 0.3) is 16.9 Å². The Labute approximate surface area is 186 Å². The predicted molar refractivity (Wildman–Crippen MR) is 123 cm³/mol. The summed E-state index contributed by atoms with van der Waals surface area (Å²) in [6.45, 7) is 1.82. The number of hydrogen-bond donors (Lipinski definition) is 1. The van der Waals surface area contributed by atoms with Crippen LogP contribution in [0.15, 0.2) is 76.6 Å². The number of rotatable bonds is 6. The molecule has 4 rings (SSSR count). The monoisotopic (exact) mass is 444 g/mol. The molecule has 0 atom stereocenters. The van der Waals surface area contributed by atoms with Crippen LogP contribution >= 0.6 is 0 Å². The Bertz CT molecular complexity index is 1460. The maximum atomic E-state index is 13.2. The third-order valence-electron chi connectivity index (χ3n) is 4.83. The Morgan fingerprint density at radius 1 is 0.970 bits per heavy atom. The Morgan fingerprint density at radius 2 is 1.58 bits per heavy atom. The van der Waals surface area contributed by atoms with E-state index in [1.807, 2.05) is 13.0 Å². The molecule has 2 aromatic heterocycles. The number of nitro groups is 2. The first kappa shape index (κ1) is 21.3. The Kier molecular flexibility index (Phi) is 5.60. The highest BCUT2D eigenvalue weighted by Gasteiger charge is 2.14. The van der Waals surface area contributed by atoms with Crippen molar-refractivity contribution in [3.63, 3.8) is 0 Å². The molecule has 0 saturated carbocycles. The van der Waals surface area contributed by atoms with Gasteiger partial charge >= 0.3 is 0 Å². The minimum atomic E-state index is -0.512. The quantitative estimate of drug-likeness (QED) is 0.265. The van der Waals surface area contributed by atoms with Crippen molar-refractivity contribution in [1.82, 2.24) is 9.38 Å². The molecular formula is C22H16N6O5. The van der Waals surface area contributed by atoms with Gasteiger partial charge in [0.2, 0.25) is 0 Å². The minimum Gasteiger partial charge on any atom is -0.339 e. The van der Waals surface area contributed by atoms with Crippen LogP contribution in [-0.4, -0.2) is 25.4 Å². The Morgan fingerprint density at radius 3 is 2.18 bits per heavy atom. The van der Waals surface area contributed by atoms with Crippen LogP contribution < -0.4 is 10.9 Å². The first-order valence-corrected chi connectivity index (χ1v) is 9.65. The lowest BCUT2D eigenvalue weighted by atomic mass is 10.2. The molecule has 0 aliphatic rings. The summed E-state index contributed by atoms with van der Waals surface area (Å²) in [6, 6.07) is 14.8. The van der Waals surface area contributed by atoms with E-state index in [0.717, 1.165) is 5.56 Å². The molecule has 4 aromatic rings. The molecule has 33 heavy (non-hydrogen) atoms. The van der Waals surface area contributed by atoms with E-state index in [2.05, 4.69) is 15.3 Å². The van der Waals surface area contributed by atoms with Gasteiger partial charge in [-0.2, -0.15) is 0 Å². The molecule has 0 fully saturated rings. The molecule has 0 unspecified atom stereocenters. The molecule has 1 N–H and O–H groups in total. The van der Waals surface area contributed by atoms with Crippen molar-refractivity contribution in [2.75, 3.05) is 5.32 Å². The Hall–Kier alpha value is -4.93. The standard InChI is InChI=1S/C22H16N6O5/c1-14-3-2-12-26-21(14)25-20(24-16-6-10-18(11-7-16)28(32)33)19(22(26)29)13-23-15-4-8-17(9-5-15)27(30)31/h2-13,24H,1H3. The van der Waals surface area contributed by atoms with Crippen molar-refractivity contribution in [2.24, 2.45) is 4.99 Å². The summed E-state index contributed by atoms with van der Waals surface area (Å²) in [5.41, 5.74) is 1.76. The number of hydrogen-bond acceptors (Lipinski definition) is 8. The number of benzene rings is 2. The van der Waals surface area contributed by atoms with Crippen LogP contribution in [0.2, 0.25) is 0 Å². The average molecular weight is 444 g/mol. The smallest absolute Gasteiger partial charge is 0.269 e. The van der Waals surface area contributed by atoms with Crippen molar-refractivity contribution >= 4 is 40.4 Å². The van der Waals surface area contributed by atoms with Gasteiger partial charge < -0.3 is 5.32 Å². The number of aromatic nitrogens is 2. The van der Waals surface area contributed by atoms with Crippen LogP contribution in [-0.2, 0) is 0 Å². The van der Waals surface area contributed by atoms with Crippen molar-refractivity contribution in [1.29, 1.82) is 0 Å². The summed E-state index contributed by atoms with van der Waals surface area (Å²) in [5.74, 6) is 0.216. The van der Waals surface area contributed by atoms with E-state index in [-0.39, 0.29) is 28.3 Å². The molecule has 0 aliphatic heterocycles. The van der Waals surface area contributed by atoms with E-state index in [9.17, 15) is 25.0 Å². The average Bonchev–Trinajstić information content (AvgIpc) is 2.80. The largest absolute Gasteiger partial charge is 0.339 e. The Balaban J connectivity index is 1.79. The molecule has 0 spiro atoms. The van der Waals surface area contributed by atoms with Gasteiger partial charge in [0.15, 0.2) is 0 Å². The van der Waals surface area contributed by atoms with Crippen LogP contribution in [0, 0.1) is 27.2 Å². The van der Waals surface area contributed by atoms with E-state index in [4.69, 9.17) is 0 Å². The second kappa shape index (κ2) is 8.67. The maximum Gasteiger partial charge on any atom is 0.269 e. The summed E-state index contributed by atoms with van der Waals surface area (Å²) in [5, 5.41) is 24.8. The van der Waals surface area contributed by atoms with Crippen LogP contribution in [0.1, 0.15) is 11.1 Å². The first-order chi connectivity index (χ1) is 15.8. The van der Waals surface area contributed by atoms with Crippen molar-refractivity contribution in [2.45, 2.75) is 6.92 Å². The van der Waals surface area contributed by atoms with Gasteiger partial charge in [0.05, 0.1) is 15.5 Å². The second-order valence-electron chi connectivity index (χ2n) is 7.02. The normalized spacial score (nSPS) is 11.1. The molecule has 0 bridgehead atoms. The summed E-state index contributed by atoms with van der Waals surface area (Å²) in [6.07, 6.45) is 2.93. The highest BCUT2D eigenvalue weighted by atomic mass is 16.6. The SMILES string of the molecule is Cc1cccn2c(=O)c(C=Nc3ccc([N+](=O)[O-])cc3)c(Nc3ccc([N+](=O)[O-])cc3)nc12. The lowest BCUT2D eigenvalue weighted by molar-refractivity contribution is -0.385. The van der Waals surface area contributed by atoms with E-state index >= 15 is 0 Å². The summed E-state index contributed by atoms with van der Waals surface area (Å²) in [7, 11) is 0. The molecule has 0 amide bonds. The van der Waals surface area contributed by atoms with Crippen LogP contribution in [0.4, 0.5) is 28.6 Å². The number of pyridine rings is 1. The molecule has 0 radical (unpaired) electrons. The number of nitrogens with one attached hydrogen (secondary N) is 1. The van der Waals surface area contributed by atoms with Gasteiger partial charge in [-0.05, 0) is 42.8 Å². The first-order valence-electron chi connectivity index (χ1n) is 9.65. The fraction of sp³-hybridized carbons (Fsp3) is 0.0455. The number of aliphatic imine (C=N–C) groups is 1. The van der Waals surface area contributed by atoms with Gasteiger partial charge in [-0.3, -0.25) is 34.4 Å². The number of anilines is 2. The van der Waals surface area contributed by atoms with Crippen LogP contribution in [0.3, 0.4) is 0 Å². The summed E-state index contributed by atoms with van der Waals surface area (Å²) in [4.78, 5) is 42.8. The zero-order valence-corrected chi connectivity index (χ0v) is 17.2. The van der Waals surface area contributed by atoms with Crippen LogP contribution in [0.5, 0.6) is 0 Å². The molecular weight excluding hydrogens is 428 g/mol. The lowest BCUT2D eigenvalue weighted by Crippen LogP contribution is -2.22. The zero-order valence-electron chi connectivity index (χ0n) is 17.2. The van der Waals surface area contributed by atoms with Gasteiger partial charge in [-0.1, -0.05) is 6.07 Å². The summed E-state index contributed by atoms with van der Waals surface area (Å²) >= 11 is 0. The van der Waals surface area contributed by atoms with Gasteiger partial charge in [0, 0.05) is 42.4 Å². The number of nitro benzene ring substituents is 2. The van der Waals surface area contributed by atoms with Gasteiger partial charge in [0.1, 0.15) is 17.0 Å².